The van der Waals surface area contributed by atoms with Crippen molar-refractivity contribution >= 4 is 71.1 Å². The minimum Gasteiger partial charge on any atom is -0.331 e. The van der Waals surface area contributed by atoms with Gasteiger partial charge in [0.1, 0.15) is 0 Å². The molecule has 8 aromatic rings. The van der Waals surface area contributed by atoms with E-state index in [2.05, 4.69) is 137 Å². The molecule has 184 valence electrons. The van der Waals surface area contributed by atoms with Crippen molar-refractivity contribution < 1.29 is 0 Å². The van der Waals surface area contributed by atoms with E-state index in [0.29, 0.717) is 0 Å². The SMILES string of the molecule is C1=Cc2sc3ccccc3c2C(n2c3ccccc3c3ccc4c5ccccc5n(-c5ccccc5)c4c32)C1. The van der Waals surface area contributed by atoms with Crippen LogP contribution in [-0.2, 0) is 0 Å². The zero-order chi connectivity index (χ0) is 25.5. The largest absolute Gasteiger partial charge is 0.331 e. The molecule has 1 aliphatic carbocycles. The Morgan fingerprint density at radius 3 is 2.03 bits per heavy atom. The molecule has 0 radical (unpaired) electrons. The van der Waals surface area contributed by atoms with Crippen LogP contribution in [0.15, 0.2) is 121 Å². The van der Waals surface area contributed by atoms with Crippen molar-refractivity contribution in [3.8, 4) is 5.69 Å². The Labute approximate surface area is 229 Å². The van der Waals surface area contributed by atoms with Crippen molar-refractivity contribution in [2.24, 2.45) is 0 Å². The van der Waals surface area contributed by atoms with Crippen LogP contribution in [-0.4, -0.2) is 9.13 Å². The quantitative estimate of drug-likeness (QED) is 0.216. The van der Waals surface area contributed by atoms with E-state index in [1.165, 1.54) is 69.8 Å². The van der Waals surface area contributed by atoms with E-state index in [9.17, 15) is 0 Å². The average Bonchev–Trinajstić information content (AvgIpc) is 3.65. The molecule has 0 saturated carbocycles. The Kier molecular flexibility index (Phi) is 4.35. The Hall–Kier alpha value is -4.60. The first kappa shape index (κ1) is 21.3. The Morgan fingerprint density at radius 2 is 1.21 bits per heavy atom. The first-order valence-electron chi connectivity index (χ1n) is 13.6. The van der Waals surface area contributed by atoms with E-state index >= 15 is 0 Å². The molecule has 0 N–H and O–H groups in total. The highest BCUT2D eigenvalue weighted by Crippen LogP contribution is 2.47. The van der Waals surface area contributed by atoms with Gasteiger partial charge in [0.25, 0.3) is 0 Å². The molecular weight excluding hydrogens is 492 g/mol. The van der Waals surface area contributed by atoms with E-state index < -0.39 is 0 Å². The molecule has 3 aromatic heterocycles. The third-order valence-corrected chi connectivity index (χ3v) is 9.61. The molecule has 0 spiro atoms. The minimum atomic E-state index is 0.219. The highest BCUT2D eigenvalue weighted by Gasteiger charge is 2.28. The lowest BCUT2D eigenvalue weighted by Crippen LogP contribution is -2.13. The van der Waals surface area contributed by atoms with Gasteiger partial charge in [-0.1, -0.05) is 91.0 Å². The molecule has 9 rings (SSSR count). The number of rotatable bonds is 2. The van der Waals surface area contributed by atoms with Gasteiger partial charge in [-0.25, -0.2) is 0 Å². The van der Waals surface area contributed by atoms with Crippen LogP contribution in [0.4, 0.5) is 0 Å². The lowest BCUT2D eigenvalue weighted by molar-refractivity contribution is 0.633. The highest BCUT2D eigenvalue weighted by molar-refractivity contribution is 7.20. The number of para-hydroxylation sites is 3. The predicted octanol–water partition coefficient (Wildman–Crippen LogP) is 10.1. The molecule has 0 saturated heterocycles. The maximum atomic E-state index is 2.66. The normalized spacial score (nSPS) is 15.2. The summed E-state index contributed by atoms with van der Waals surface area (Å²) in [4.78, 5) is 1.38. The second kappa shape index (κ2) is 7.95. The summed E-state index contributed by atoms with van der Waals surface area (Å²) in [5.74, 6) is 0. The number of fused-ring (bicyclic) bond motifs is 10. The molecule has 3 heterocycles. The van der Waals surface area contributed by atoms with Crippen LogP contribution in [0.5, 0.6) is 0 Å². The molecule has 2 nitrogen and oxygen atoms in total. The molecule has 0 amide bonds. The van der Waals surface area contributed by atoms with Gasteiger partial charge >= 0.3 is 0 Å². The van der Waals surface area contributed by atoms with Crippen LogP contribution in [0.2, 0.25) is 0 Å². The Balaban J connectivity index is 1.51. The smallest absolute Gasteiger partial charge is 0.0785 e. The first-order valence-corrected chi connectivity index (χ1v) is 14.4. The average molecular weight is 517 g/mol. The molecule has 1 atom stereocenters. The van der Waals surface area contributed by atoms with Crippen molar-refractivity contribution in [3.63, 3.8) is 0 Å². The molecule has 39 heavy (non-hydrogen) atoms. The number of allylic oxidation sites excluding steroid dienone is 1. The monoisotopic (exact) mass is 516 g/mol. The van der Waals surface area contributed by atoms with Gasteiger partial charge in [-0.15, -0.1) is 11.3 Å². The third-order valence-electron chi connectivity index (χ3n) is 8.46. The van der Waals surface area contributed by atoms with Crippen LogP contribution in [0.1, 0.15) is 22.9 Å². The van der Waals surface area contributed by atoms with Gasteiger partial charge in [0, 0.05) is 47.9 Å². The summed E-state index contributed by atoms with van der Waals surface area (Å²) < 4.78 is 6.50. The van der Waals surface area contributed by atoms with Crippen LogP contribution in [0, 0.1) is 0 Å². The van der Waals surface area contributed by atoms with Gasteiger partial charge in [-0.3, -0.25) is 0 Å². The number of hydrogen-bond acceptors (Lipinski definition) is 1. The first-order chi connectivity index (χ1) is 19.4. The van der Waals surface area contributed by atoms with Crippen molar-refractivity contribution in [2.75, 3.05) is 0 Å². The standard InChI is InChI=1S/C36H24N2S/c1-2-11-23(12-3-1)37-29-16-7-4-13-24(29)26-21-22-27-25-14-5-8-17-30(25)38(36(27)35(26)37)31-18-10-20-33-34(31)28-15-6-9-19-32(28)39-33/h1-17,19-22,31H,18H2. The van der Waals surface area contributed by atoms with Crippen molar-refractivity contribution in [1.82, 2.24) is 9.13 Å². The molecule has 0 aliphatic heterocycles. The van der Waals surface area contributed by atoms with Gasteiger partial charge in [-0.2, -0.15) is 0 Å². The minimum absolute atomic E-state index is 0.219. The molecular formula is C36H24N2S. The molecule has 1 aliphatic rings. The zero-order valence-corrected chi connectivity index (χ0v) is 22.0. The van der Waals surface area contributed by atoms with Gasteiger partial charge in [0.05, 0.1) is 22.6 Å². The summed E-state index contributed by atoms with van der Waals surface area (Å²) in [6.07, 6.45) is 5.68. The Bertz CT molecular complexity index is 2260. The molecule has 0 bridgehead atoms. The Morgan fingerprint density at radius 1 is 0.564 bits per heavy atom. The van der Waals surface area contributed by atoms with Crippen LogP contribution in [0.25, 0.3) is 65.5 Å². The molecule has 3 heteroatoms. The van der Waals surface area contributed by atoms with Crippen molar-refractivity contribution in [3.05, 3.63) is 132 Å². The van der Waals surface area contributed by atoms with E-state index in [4.69, 9.17) is 0 Å². The van der Waals surface area contributed by atoms with Crippen LogP contribution >= 0.6 is 11.3 Å². The highest BCUT2D eigenvalue weighted by atomic mass is 32.1. The number of nitrogens with zero attached hydrogens (tertiary/aromatic N) is 2. The zero-order valence-electron chi connectivity index (χ0n) is 21.2. The second-order valence-corrected chi connectivity index (χ2v) is 11.5. The summed E-state index contributed by atoms with van der Waals surface area (Å²) in [6.45, 7) is 0. The lowest BCUT2D eigenvalue weighted by atomic mass is 9.95. The van der Waals surface area contributed by atoms with Crippen LogP contribution in [0.3, 0.4) is 0 Å². The summed E-state index contributed by atoms with van der Waals surface area (Å²) in [5, 5.41) is 6.60. The maximum Gasteiger partial charge on any atom is 0.0785 e. The molecule has 0 fully saturated rings. The summed E-state index contributed by atoms with van der Waals surface area (Å²) in [5.41, 5.74) is 7.79. The summed E-state index contributed by atoms with van der Waals surface area (Å²) in [7, 11) is 0. The molecule has 5 aromatic carbocycles. The molecule has 1 unspecified atom stereocenters. The van der Waals surface area contributed by atoms with E-state index in [0.717, 1.165) is 6.42 Å². The van der Waals surface area contributed by atoms with Crippen molar-refractivity contribution in [1.29, 1.82) is 0 Å². The second-order valence-electron chi connectivity index (χ2n) is 10.5. The van der Waals surface area contributed by atoms with Crippen LogP contribution < -0.4 is 0 Å². The fourth-order valence-corrected chi connectivity index (χ4v) is 8.10. The predicted molar refractivity (Wildman–Crippen MR) is 167 cm³/mol. The maximum absolute atomic E-state index is 2.66. The van der Waals surface area contributed by atoms with E-state index in [-0.39, 0.29) is 6.04 Å². The topological polar surface area (TPSA) is 9.86 Å². The van der Waals surface area contributed by atoms with E-state index in [1.54, 1.807) is 0 Å². The van der Waals surface area contributed by atoms with Gasteiger partial charge in [0.2, 0.25) is 0 Å². The summed E-state index contributed by atoms with van der Waals surface area (Å²) in [6, 6.07) is 42.5. The number of benzene rings is 5. The fraction of sp³-hybridized carbons (Fsp3) is 0.0556. The third kappa shape index (κ3) is 2.85. The van der Waals surface area contributed by atoms with Gasteiger partial charge < -0.3 is 9.13 Å². The number of hydrogen-bond donors (Lipinski definition) is 0. The van der Waals surface area contributed by atoms with Gasteiger partial charge in [-0.05, 0) is 48.2 Å². The number of thiophene rings is 1. The van der Waals surface area contributed by atoms with Gasteiger partial charge in [0.15, 0.2) is 0 Å². The van der Waals surface area contributed by atoms with Crippen molar-refractivity contribution in [2.45, 2.75) is 12.5 Å². The summed E-state index contributed by atoms with van der Waals surface area (Å²) >= 11 is 1.91. The fourth-order valence-electron chi connectivity index (χ4n) is 6.91. The lowest BCUT2D eigenvalue weighted by Gasteiger charge is -2.24. The number of aromatic nitrogens is 2. The van der Waals surface area contributed by atoms with E-state index in [1.807, 2.05) is 11.3 Å².